The number of rotatable bonds is 3. The standard InChI is InChI=1S/C5H10O3/c1-4(2)8-5(7)3-6/h3-5,7H,1-2H3/t5-/m0/s1. The molecule has 0 radical (unpaired) electrons. The van der Waals surface area contributed by atoms with Crippen LogP contribution in [-0.4, -0.2) is 23.8 Å². The van der Waals surface area contributed by atoms with Crippen LogP contribution in [-0.2, 0) is 9.53 Å². The molecule has 48 valence electrons. The number of aldehydes is 1. The van der Waals surface area contributed by atoms with E-state index < -0.39 is 6.29 Å². The average molecular weight is 118 g/mol. The smallest absolute Gasteiger partial charge is 0.212 e. The number of carbonyl (C=O) groups excluding carboxylic acids is 1. The van der Waals surface area contributed by atoms with Gasteiger partial charge in [-0.3, -0.25) is 4.79 Å². The second-order valence-electron chi connectivity index (χ2n) is 1.71. The van der Waals surface area contributed by atoms with Crippen molar-refractivity contribution in [3.05, 3.63) is 0 Å². The highest BCUT2D eigenvalue weighted by Crippen LogP contribution is 1.89. The fraction of sp³-hybridized carbons (Fsp3) is 0.800. The summed E-state index contributed by atoms with van der Waals surface area (Å²) >= 11 is 0. The lowest BCUT2D eigenvalue weighted by atomic mass is 10.5. The van der Waals surface area contributed by atoms with Crippen molar-refractivity contribution in [3.63, 3.8) is 0 Å². The van der Waals surface area contributed by atoms with Gasteiger partial charge < -0.3 is 9.84 Å². The molecule has 8 heavy (non-hydrogen) atoms. The number of hydrogen-bond acceptors (Lipinski definition) is 3. The van der Waals surface area contributed by atoms with Crippen LogP contribution >= 0.6 is 0 Å². The highest BCUT2D eigenvalue weighted by molar-refractivity contribution is 5.53. The third kappa shape index (κ3) is 3.77. The first-order valence-electron chi connectivity index (χ1n) is 2.45. The van der Waals surface area contributed by atoms with E-state index in [1.807, 2.05) is 0 Å². The normalized spacial score (nSPS) is 14.0. The molecule has 0 aliphatic rings. The van der Waals surface area contributed by atoms with Crippen molar-refractivity contribution >= 4 is 6.29 Å². The molecule has 3 heteroatoms. The van der Waals surface area contributed by atoms with Gasteiger partial charge in [-0.15, -0.1) is 0 Å². The minimum absolute atomic E-state index is 0.102. The number of aliphatic hydroxyl groups excluding tert-OH is 1. The first kappa shape index (κ1) is 7.59. The van der Waals surface area contributed by atoms with E-state index in [0.717, 1.165) is 0 Å². The maximum absolute atomic E-state index is 9.67. The van der Waals surface area contributed by atoms with E-state index in [-0.39, 0.29) is 6.10 Å². The molecule has 3 nitrogen and oxygen atoms in total. The molecule has 0 aliphatic carbocycles. The van der Waals surface area contributed by atoms with Crippen molar-refractivity contribution in [1.82, 2.24) is 0 Å². The summed E-state index contributed by atoms with van der Waals surface area (Å²) in [6.07, 6.45) is -1.01. The average Bonchev–Trinajstić information content (AvgIpc) is 1.65. The highest BCUT2D eigenvalue weighted by atomic mass is 16.6. The van der Waals surface area contributed by atoms with Crippen LogP contribution in [0.2, 0.25) is 0 Å². The fourth-order valence-electron chi connectivity index (χ4n) is 0.311. The van der Waals surface area contributed by atoms with Crippen molar-refractivity contribution in [2.45, 2.75) is 26.2 Å². The van der Waals surface area contributed by atoms with Gasteiger partial charge in [0.25, 0.3) is 0 Å². The Labute approximate surface area is 48.3 Å². The second-order valence-corrected chi connectivity index (χ2v) is 1.71. The molecule has 0 fully saturated rings. The molecule has 0 aromatic rings. The Morgan fingerprint density at radius 2 is 2.12 bits per heavy atom. The minimum Gasteiger partial charge on any atom is -0.362 e. The van der Waals surface area contributed by atoms with Gasteiger partial charge in [0.15, 0.2) is 6.29 Å². The van der Waals surface area contributed by atoms with E-state index >= 15 is 0 Å². The zero-order valence-corrected chi connectivity index (χ0v) is 5.00. The Bertz CT molecular complexity index is 70.1. The van der Waals surface area contributed by atoms with Crippen LogP contribution < -0.4 is 0 Å². The van der Waals surface area contributed by atoms with E-state index in [9.17, 15) is 4.79 Å². The summed E-state index contributed by atoms with van der Waals surface area (Å²) in [5.41, 5.74) is 0. The Morgan fingerprint density at radius 1 is 1.62 bits per heavy atom. The topological polar surface area (TPSA) is 46.5 Å². The molecule has 0 heterocycles. The van der Waals surface area contributed by atoms with Crippen molar-refractivity contribution in [1.29, 1.82) is 0 Å². The first-order valence-corrected chi connectivity index (χ1v) is 2.45. The molecule has 1 atom stereocenters. The van der Waals surface area contributed by atoms with Crippen molar-refractivity contribution in [2.75, 3.05) is 0 Å². The molecule has 0 rings (SSSR count). The Balaban J connectivity index is 3.23. The summed E-state index contributed by atoms with van der Waals surface area (Å²) in [6.45, 7) is 3.49. The van der Waals surface area contributed by atoms with Crippen molar-refractivity contribution < 1.29 is 14.6 Å². The van der Waals surface area contributed by atoms with Crippen LogP contribution in [0, 0.1) is 0 Å². The second kappa shape index (κ2) is 3.57. The summed E-state index contributed by atoms with van der Waals surface area (Å²) in [6, 6.07) is 0. The quantitative estimate of drug-likeness (QED) is 0.416. The molecular weight excluding hydrogens is 108 g/mol. The summed E-state index contributed by atoms with van der Waals surface area (Å²) in [5, 5.41) is 8.44. The van der Waals surface area contributed by atoms with Gasteiger partial charge >= 0.3 is 0 Å². The van der Waals surface area contributed by atoms with Crippen LogP contribution in [0.5, 0.6) is 0 Å². The van der Waals surface area contributed by atoms with Gasteiger partial charge in [-0.1, -0.05) is 0 Å². The van der Waals surface area contributed by atoms with E-state index in [1.54, 1.807) is 13.8 Å². The van der Waals surface area contributed by atoms with Gasteiger partial charge in [-0.2, -0.15) is 0 Å². The largest absolute Gasteiger partial charge is 0.362 e. The third-order valence-corrected chi connectivity index (χ3v) is 0.528. The maximum atomic E-state index is 9.67. The molecule has 0 unspecified atom stereocenters. The summed E-state index contributed by atoms with van der Waals surface area (Å²) in [5.74, 6) is 0. The van der Waals surface area contributed by atoms with E-state index in [1.165, 1.54) is 0 Å². The lowest BCUT2D eigenvalue weighted by Gasteiger charge is -2.07. The number of ether oxygens (including phenoxy) is 1. The van der Waals surface area contributed by atoms with Gasteiger partial charge in [0.05, 0.1) is 6.10 Å². The van der Waals surface area contributed by atoms with E-state index in [0.29, 0.717) is 6.29 Å². The molecule has 0 aromatic heterocycles. The Hall–Kier alpha value is -0.410. The zero-order valence-electron chi connectivity index (χ0n) is 5.00. The van der Waals surface area contributed by atoms with Gasteiger partial charge in [0.1, 0.15) is 0 Å². The molecular formula is C5H10O3. The van der Waals surface area contributed by atoms with E-state index in [2.05, 4.69) is 4.74 Å². The molecule has 0 saturated carbocycles. The predicted octanol–water partition coefficient (Wildman–Crippen LogP) is -0.0713. The van der Waals surface area contributed by atoms with Gasteiger partial charge in [-0.25, -0.2) is 0 Å². The highest BCUT2D eigenvalue weighted by Gasteiger charge is 2.01. The number of aliphatic hydroxyl groups is 1. The molecule has 0 bridgehead atoms. The molecule has 0 aromatic carbocycles. The van der Waals surface area contributed by atoms with Crippen LogP contribution in [0.1, 0.15) is 13.8 Å². The number of hydrogen-bond donors (Lipinski definition) is 1. The Kier molecular flexibility index (Phi) is 3.39. The molecule has 0 aliphatic heterocycles. The predicted molar refractivity (Wildman–Crippen MR) is 28.3 cm³/mol. The van der Waals surface area contributed by atoms with Crippen molar-refractivity contribution in [2.24, 2.45) is 0 Å². The van der Waals surface area contributed by atoms with Crippen LogP contribution in [0.25, 0.3) is 0 Å². The third-order valence-electron chi connectivity index (χ3n) is 0.528. The van der Waals surface area contributed by atoms with E-state index in [4.69, 9.17) is 5.11 Å². The van der Waals surface area contributed by atoms with Crippen molar-refractivity contribution in [3.8, 4) is 0 Å². The maximum Gasteiger partial charge on any atom is 0.212 e. The zero-order chi connectivity index (χ0) is 6.57. The summed E-state index contributed by atoms with van der Waals surface area (Å²) in [4.78, 5) is 9.67. The molecule has 0 amide bonds. The first-order chi connectivity index (χ1) is 3.66. The summed E-state index contributed by atoms with van der Waals surface area (Å²) in [7, 11) is 0. The van der Waals surface area contributed by atoms with Gasteiger partial charge in [0, 0.05) is 0 Å². The fourth-order valence-corrected chi connectivity index (χ4v) is 0.311. The van der Waals surface area contributed by atoms with Crippen LogP contribution in [0.3, 0.4) is 0 Å². The summed E-state index contributed by atoms with van der Waals surface area (Å²) < 4.78 is 4.59. The van der Waals surface area contributed by atoms with Crippen LogP contribution in [0.15, 0.2) is 0 Å². The number of carbonyl (C=O) groups is 1. The van der Waals surface area contributed by atoms with Gasteiger partial charge in [-0.05, 0) is 13.8 Å². The lowest BCUT2D eigenvalue weighted by molar-refractivity contribution is -0.150. The molecule has 0 saturated heterocycles. The monoisotopic (exact) mass is 118 g/mol. The SMILES string of the molecule is CC(C)O[C@H](O)C=O. The van der Waals surface area contributed by atoms with Crippen LogP contribution in [0.4, 0.5) is 0 Å². The van der Waals surface area contributed by atoms with Gasteiger partial charge in [0.2, 0.25) is 6.29 Å². The molecule has 1 N–H and O–H groups in total. The lowest BCUT2D eigenvalue weighted by Crippen LogP contribution is -2.17. The minimum atomic E-state index is -1.25. The Morgan fingerprint density at radius 3 is 2.25 bits per heavy atom. The molecule has 0 spiro atoms.